The zero-order valence-corrected chi connectivity index (χ0v) is 10.1. The Hall–Kier alpha value is -1.90. The van der Waals surface area contributed by atoms with Gasteiger partial charge in [0.1, 0.15) is 12.4 Å². The van der Waals surface area contributed by atoms with Crippen molar-refractivity contribution >= 4 is 11.7 Å². The van der Waals surface area contributed by atoms with Crippen LogP contribution in [-0.2, 0) is 4.74 Å². The van der Waals surface area contributed by atoms with E-state index in [0.717, 1.165) is 0 Å². The maximum absolute atomic E-state index is 11.8. The molecule has 0 fully saturated rings. The van der Waals surface area contributed by atoms with Gasteiger partial charge in [0, 0.05) is 13.6 Å². The number of hydrogen-bond acceptors (Lipinski definition) is 5. The molecule has 2 N–H and O–H groups in total. The van der Waals surface area contributed by atoms with E-state index in [4.69, 9.17) is 0 Å². The number of halogens is 3. The van der Waals surface area contributed by atoms with Crippen LogP contribution in [0.25, 0.3) is 0 Å². The first-order valence-electron chi connectivity index (χ1n) is 5.36. The highest BCUT2D eigenvalue weighted by Gasteiger charge is 2.27. The van der Waals surface area contributed by atoms with Crippen molar-refractivity contribution in [1.29, 1.82) is 0 Å². The molecule has 0 spiro atoms. The molecule has 1 aromatic rings. The van der Waals surface area contributed by atoms with Crippen molar-refractivity contribution in [3.63, 3.8) is 0 Å². The molecule has 0 atom stereocenters. The van der Waals surface area contributed by atoms with Gasteiger partial charge >= 0.3 is 6.18 Å². The van der Waals surface area contributed by atoms with Crippen LogP contribution in [0.2, 0.25) is 0 Å². The summed E-state index contributed by atoms with van der Waals surface area (Å²) < 4.78 is 39.7. The van der Waals surface area contributed by atoms with Crippen molar-refractivity contribution in [3.05, 3.63) is 17.8 Å². The molecule has 106 valence electrons. The molecule has 0 bridgehead atoms. The lowest BCUT2D eigenvalue weighted by Gasteiger charge is -2.08. The van der Waals surface area contributed by atoms with Crippen molar-refractivity contribution in [2.24, 2.45) is 0 Å². The Kier molecular flexibility index (Phi) is 5.49. The van der Waals surface area contributed by atoms with E-state index in [9.17, 15) is 18.0 Å². The first kappa shape index (κ1) is 15.2. The maximum Gasteiger partial charge on any atom is 0.411 e. The summed E-state index contributed by atoms with van der Waals surface area (Å²) in [6.45, 7) is -1.24. The first-order chi connectivity index (χ1) is 8.92. The molecule has 0 aliphatic rings. The summed E-state index contributed by atoms with van der Waals surface area (Å²) in [5.74, 6) is -0.0178. The zero-order valence-electron chi connectivity index (χ0n) is 10.1. The van der Waals surface area contributed by atoms with Gasteiger partial charge in [-0.1, -0.05) is 0 Å². The van der Waals surface area contributed by atoms with Crippen LogP contribution >= 0.6 is 0 Å². The van der Waals surface area contributed by atoms with Gasteiger partial charge in [-0.25, -0.2) is 0 Å². The Morgan fingerprint density at radius 2 is 2.11 bits per heavy atom. The number of nitrogens with one attached hydrogen (secondary N) is 2. The summed E-state index contributed by atoms with van der Waals surface area (Å²) >= 11 is 0. The predicted molar refractivity (Wildman–Crippen MR) is 60.8 cm³/mol. The lowest BCUT2D eigenvalue weighted by Crippen LogP contribution is -2.21. The number of carbonyl (C=O) groups excluding carboxylic acids is 1. The molecule has 0 radical (unpaired) electrons. The van der Waals surface area contributed by atoms with Crippen molar-refractivity contribution in [1.82, 2.24) is 15.5 Å². The van der Waals surface area contributed by atoms with Crippen LogP contribution in [0.5, 0.6) is 0 Å². The fraction of sp³-hybridized carbons (Fsp3) is 0.500. The molecule has 0 aromatic carbocycles. The summed E-state index contributed by atoms with van der Waals surface area (Å²) in [4.78, 5) is 11.2. The van der Waals surface area contributed by atoms with Gasteiger partial charge in [0.25, 0.3) is 5.91 Å². The first-order valence-corrected chi connectivity index (χ1v) is 5.36. The van der Waals surface area contributed by atoms with Crippen molar-refractivity contribution in [2.75, 3.05) is 32.1 Å². The normalized spacial score (nSPS) is 11.2. The largest absolute Gasteiger partial charge is 0.411 e. The van der Waals surface area contributed by atoms with Gasteiger partial charge in [-0.05, 0) is 12.1 Å². The van der Waals surface area contributed by atoms with Crippen LogP contribution < -0.4 is 10.6 Å². The number of aromatic nitrogens is 2. The minimum Gasteiger partial charge on any atom is -0.370 e. The lowest BCUT2D eigenvalue weighted by atomic mass is 10.3. The highest BCUT2D eigenvalue weighted by molar-refractivity contribution is 5.91. The third kappa shape index (κ3) is 6.00. The van der Waals surface area contributed by atoms with E-state index in [1.165, 1.54) is 19.2 Å². The van der Waals surface area contributed by atoms with E-state index in [1.807, 2.05) is 0 Å². The minimum atomic E-state index is -4.32. The van der Waals surface area contributed by atoms with E-state index in [-0.39, 0.29) is 24.8 Å². The fourth-order valence-corrected chi connectivity index (χ4v) is 1.11. The van der Waals surface area contributed by atoms with Crippen LogP contribution in [0.15, 0.2) is 12.1 Å². The molecule has 1 amide bonds. The van der Waals surface area contributed by atoms with Crippen LogP contribution in [0.4, 0.5) is 19.0 Å². The second-order valence-corrected chi connectivity index (χ2v) is 3.48. The van der Waals surface area contributed by atoms with E-state index < -0.39 is 12.8 Å². The summed E-state index contributed by atoms with van der Waals surface area (Å²) in [5, 5.41) is 12.4. The Balaban J connectivity index is 2.29. The highest BCUT2D eigenvalue weighted by atomic mass is 19.4. The number of alkyl halides is 3. The van der Waals surface area contributed by atoms with Crippen LogP contribution in [0.1, 0.15) is 10.5 Å². The molecule has 19 heavy (non-hydrogen) atoms. The Morgan fingerprint density at radius 3 is 2.63 bits per heavy atom. The number of ether oxygens (including phenoxy) is 1. The summed E-state index contributed by atoms with van der Waals surface area (Å²) in [6, 6.07) is 2.95. The molecule has 1 rings (SSSR count). The fourth-order valence-electron chi connectivity index (χ4n) is 1.11. The molecule has 1 aromatic heterocycles. The van der Waals surface area contributed by atoms with Crippen molar-refractivity contribution < 1.29 is 22.7 Å². The van der Waals surface area contributed by atoms with Gasteiger partial charge in [-0.2, -0.15) is 13.2 Å². The SMILES string of the molecule is CNC(=O)c1ccc(NCCOCC(F)(F)F)nn1. The second-order valence-electron chi connectivity index (χ2n) is 3.48. The molecular formula is C10H13F3N4O2. The number of rotatable bonds is 6. The molecule has 0 unspecified atom stereocenters. The zero-order chi connectivity index (χ0) is 14.3. The number of carbonyl (C=O) groups is 1. The van der Waals surface area contributed by atoms with Gasteiger partial charge < -0.3 is 15.4 Å². The van der Waals surface area contributed by atoms with E-state index in [2.05, 4.69) is 25.6 Å². The monoisotopic (exact) mass is 278 g/mol. The lowest BCUT2D eigenvalue weighted by molar-refractivity contribution is -0.172. The average molecular weight is 278 g/mol. The van der Waals surface area contributed by atoms with Crippen LogP contribution in [0, 0.1) is 0 Å². The quantitative estimate of drug-likeness (QED) is 0.754. The third-order valence-corrected chi connectivity index (χ3v) is 1.94. The topological polar surface area (TPSA) is 76.1 Å². The Bertz CT molecular complexity index is 408. The summed E-state index contributed by atoms with van der Waals surface area (Å²) in [7, 11) is 1.47. The van der Waals surface area contributed by atoms with E-state index in [0.29, 0.717) is 5.82 Å². The Morgan fingerprint density at radius 1 is 1.37 bits per heavy atom. The molecular weight excluding hydrogens is 265 g/mol. The van der Waals surface area contributed by atoms with Gasteiger partial charge in [0.2, 0.25) is 0 Å². The molecule has 1 heterocycles. The highest BCUT2D eigenvalue weighted by Crippen LogP contribution is 2.14. The van der Waals surface area contributed by atoms with E-state index >= 15 is 0 Å². The van der Waals surface area contributed by atoms with Crippen LogP contribution in [0.3, 0.4) is 0 Å². The maximum atomic E-state index is 11.8. The molecule has 6 nitrogen and oxygen atoms in total. The van der Waals surface area contributed by atoms with E-state index in [1.54, 1.807) is 0 Å². The predicted octanol–water partition coefficient (Wildman–Crippen LogP) is 0.827. The Labute approximate surface area is 107 Å². The van der Waals surface area contributed by atoms with Gasteiger partial charge in [0.05, 0.1) is 6.61 Å². The van der Waals surface area contributed by atoms with Crippen molar-refractivity contribution in [3.8, 4) is 0 Å². The molecule has 0 saturated carbocycles. The summed E-state index contributed by atoms with van der Waals surface area (Å²) in [5.41, 5.74) is 0.154. The molecule has 0 saturated heterocycles. The van der Waals surface area contributed by atoms with Crippen LogP contribution in [-0.4, -0.2) is 49.1 Å². The molecule has 9 heteroatoms. The number of anilines is 1. The second kappa shape index (κ2) is 6.88. The van der Waals surface area contributed by atoms with Gasteiger partial charge in [-0.15, -0.1) is 10.2 Å². The van der Waals surface area contributed by atoms with Gasteiger partial charge in [-0.3, -0.25) is 4.79 Å². The number of amides is 1. The number of hydrogen-bond donors (Lipinski definition) is 2. The molecule has 0 aliphatic carbocycles. The van der Waals surface area contributed by atoms with Gasteiger partial charge in [0.15, 0.2) is 5.69 Å². The third-order valence-electron chi connectivity index (χ3n) is 1.94. The summed E-state index contributed by atoms with van der Waals surface area (Å²) in [6.07, 6.45) is -4.32. The standard InChI is InChI=1S/C10H13F3N4O2/c1-14-9(18)7-2-3-8(17-16-7)15-4-5-19-6-10(11,12)13/h2-3H,4-6H2,1H3,(H,14,18)(H,15,17). The average Bonchev–Trinajstić information content (AvgIpc) is 2.37. The molecule has 0 aliphatic heterocycles. The minimum absolute atomic E-state index is 0.113. The van der Waals surface area contributed by atoms with Crippen molar-refractivity contribution in [2.45, 2.75) is 6.18 Å². The number of nitrogens with zero attached hydrogens (tertiary/aromatic N) is 2. The smallest absolute Gasteiger partial charge is 0.370 e.